The van der Waals surface area contributed by atoms with Crippen molar-refractivity contribution in [3.63, 3.8) is 0 Å². The Morgan fingerprint density at radius 3 is 2.50 bits per heavy atom. The molecule has 2 aromatic rings. The van der Waals surface area contributed by atoms with E-state index in [0.29, 0.717) is 23.4 Å². The van der Waals surface area contributed by atoms with Crippen molar-refractivity contribution >= 4 is 34.3 Å². The van der Waals surface area contributed by atoms with Gasteiger partial charge in [-0.1, -0.05) is 54.5 Å². The van der Waals surface area contributed by atoms with Crippen molar-refractivity contribution < 1.29 is 24.2 Å². The van der Waals surface area contributed by atoms with E-state index in [2.05, 4.69) is 10.3 Å². The van der Waals surface area contributed by atoms with Crippen molar-refractivity contribution in [2.75, 3.05) is 11.9 Å². The smallest absolute Gasteiger partial charge is 0.350 e. The Balaban J connectivity index is 1.87. The second-order valence-corrected chi connectivity index (χ2v) is 7.61. The maximum Gasteiger partial charge on any atom is 0.350 e. The van der Waals surface area contributed by atoms with E-state index in [1.165, 1.54) is 0 Å². The molecule has 0 radical (unpaired) electrons. The minimum absolute atomic E-state index is 0.231. The van der Waals surface area contributed by atoms with Crippen LogP contribution in [0.2, 0.25) is 0 Å². The van der Waals surface area contributed by atoms with Crippen molar-refractivity contribution in [3.05, 3.63) is 35.2 Å². The van der Waals surface area contributed by atoms with Crippen LogP contribution in [-0.2, 0) is 14.3 Å². The summed E-state index contributed by atoms with van der Waals surface area (Å²) in [7, 11) is 0. The number of anilines is 1. The summed E-state index contributed by atoms with van der Waals surface area (Å²) in [5.74, 6) is -3.10. The molecule has 1 aromatic carbocycles. The van der Waals surface area contributed by atoms with E-state index in [4.69, 9.17) is 4.74 Å². The molecule has 0 aliphatic heterocycles. The number of nitrogens with one attached hydrogen (secondary N) is 1. The summed E-state index contributed by atoms with van der Waals surface area (Å²) in [6.07, 6.45) is 2.66. The summed E-state index contributed by atoms with van der Waals surface area (Å²) in [4.78, 5) is 41.3. The quantitative estimate of drug-likeness (QED) is 0.712. The molecule has 1 saturated carbocycles. The lowest BCUT2D eigenvalue weighted by Gasteiger charge is -2.26. The van der Waals surface area contributed by atoms with Crippen molar-refractivity contribution in [2.45, 2.75) is 32.6 Å². The summed E-state index contributed by atoms with van der Waals surface area (Å²) < 4.78 is 5.11. The van der Waals surface area contributed by atoms with Crippen LogP contribution in [0, 0.1) is 11.8 Å². The Hall–Kier alpha value is -2.74. The lowest BCUT2D eigenvalue weighted by Crippen LogP contribution is -2.36. The van der Waals surface area contributed by atoms with Crippen LogP contribution in [0.25, 0.3) is 11.3 Å². The molecule has 0 saturated heterocycles. The van der Waals surface area contributed by atoms with Gasteiger partial charge in [0.05, 0.1) is 24.1 Å². The summed E-state index contributed by atoms with van der Waals surface area (Å²) in [5.41, 5.74) is 1.18. The molecule has 28 heavy (non-hydrogen) atoms. The zero-order valence-corrected chi connectivity index (χ0v) is 16.3. The highest BCUT2D eigenvalue weighted by Gasteiger charge is 2.36. The first kappa shape index (κ1) is 20.0. The maximum atomic E-state index is 12.7. The summed E-state index contributed by atoms with van der Waals surface area (Å²) >= 11 is 1.04. The van der Waals surface area contributed by atoms with E-state index < -0.39 is 23.8 Å². The maximum absolute atomic E-state index is 12.7. The number of carbonyl (C=O) groups is 3. The Morgan fingerprint density at radius 1 is 1.18 bits per heavy atom. The van der Waals surface area contributed by atoms with Crippen molar-refractivity contribution in [3.8, 4) is 11.3 Å². The highest BCUT2D eigenvalue weighted by molar-refractivity contribution is 7.18. The Bertz CT molecular complexity index is 865. The number of hydrogen-bond donors (Lipinski definition) is 2. The molecule has 0 spiro atoms. The van der Waals surface area contributed by atoms with E-state index in [1.807, 2.05) is 30.3 Å². The van der Waals surface area contributed by atoms with E-state index in [-0.39, 0.29) is 17.6 Å². The second kappa shape index (κ2) is 8.97. The van der Waals surface area contributed by atoms with Gasteiger partial charge < -0.3 is 15.2 Å². The zero-order chi connectivity index (χ0) is 20.1. The molecule has 3 rings (SSSR count). The molecule has 8 heteroatoms. The number of esters is 1. The molecule has 1 aliphatic rings. The molecule has 1 amide bonds. The average molecular weight is 402 g/mol. The fraction of sp³-hybridized carbons (Fsp3) is 0.400. The SMILES string of the molecule is CCOC(=O)c1sc(NC(=O)[C@@H]2CCCC[C@H]2C(=O)O)nc1-c1ccccc1. The van der Waals surface area contributed by atoms with Crippen molar-refractivity contribution in [1.82, 2.24) is 4.98 Å². The predicted molar refractivity (Wildman–Crippen MR) is 105 cm³/mol. The van der Waals surface area contributed by atoms with Gasteiger partial charge in [-0.25, -0.2) is 9.78 Å². The number of aromatic nitrogens is 1. The van der Waals surface area contributed by atoms with Crippen LogP contribution < -0.4 is 5.32 Å². The van der Waals surface area contributed by atoms with E-state index in [0.717, 1.165) is 29.7 Å². The number of nitrogens with zero attached hydrogens (tertiary/aromatic N) is 1. The van der Waals surface area contributed by atoms with Crippen LogP contribution in [0.1, 0.15) is 42.3 Å². The largest absolute Gasteiger partial charge is 0.481 e. The van der Waals surface area contributed by atoms with E-state index in [9.17, 15) is 19.5 Å². The van der Waals surface area contributed by atoms with Gasteiger partial charge in [0, 0.05) is 5.56 Å². The molecule has 0 unspecified atom stereocenters. The van der Waals surface area contributed by atoms with Gasteiger partial charge in [0.15, 0.2) is 5.13 Å². The van der Waals surface area contributed by atoms with Gasteiger partial charge >= 0.3 is 11.9 Å². The molecule has 2 N–H and O–H groups in total. The monoisotopic (exact) mass is 402 g/mol. The van der Waals surface area contributed by atoms with Crippen LogP contribution in [0.3, 0.4) is 0 Å². The minimum atomic E-state index is -0.948. The third-order valence-corrected chi connectivity index (χ3v) is 5.74. The van der Waals surface area contributed by atoms with Gasteiger partial charge in [-0.3, -0.25) is 9.59 Å². The fourth-order valence-corrected chi connectivity index (χ4v) is 4.32. The number of aliphatic carboxylic acids is 1. The van der Waals surface area contributed by atoms with Gasteiger partial charge in [-0.15, -0.1) is 0 Å². The Kier molecular flexibility index (Phi) is 6.41. The zero-order valence-electron chi connectivity index (χ0n) is 15.5. The van der Waals surface area contributed by atoms with E-state index >= 15 is 0 Å². The lowest BCUT2D eigenvalue weighted by atomic mass is 9.79. The van der Waals surface area contributed by atoms with E-state index in [1.54, 1.807) is 6.92 Å². The van der Waals surface area contributed by atoms with Crippen molar-refractivity contribution in [2.24, 2.45) is 11.8 Å². The molecule has 1 fully saturated rings. The number of thiazole rings is 1. The third kappa shape index (κ3) is 4.39. The van der Waals surface area contributed by atoms with Crippen LogP contribution in [-0.4, -0.2) is 34.5 Å². The first-order valence-electron chi connectivity index (χ1n) is 9.28. The number of ether oxygens (including phenoxy) is 1. The molecule has 148 valence electrons. The Labute approximate surface area is 166 Å². The predicted octanol–water partition coefficient (Wildman–Crippen LogP) is 3.82. The highest BCUT2D eigenvalue weighted by atomic mass is 32.1. The number of rotatable bonds is 6. The topological polar surface area (TPSA) is 106 Å². The molecular formula is C20H22N2O5S. The number of amides is 1. The first-order valence-corrected chi connectivity index (χ1v) is 10.1. The van der Waals surface area contributed by atoms with Gasteiger partial charge in [-0.2, -0.15) is 0 Å². The van der Waals surface area contributed by atoms with Crippen LogP contribution >= 0.6 is 11.3 Å². The molecule has 0 bridgehead atoms. The number of hydrogen-bond acceptors (Lipinski definition) is 6. The molecule has 1 aliphatic carbocycles. The number of benzene rings is 1. The van der Waals surface area contributed by atoms with Gasteiger partial charge in [0.1, 0.15) is 4.88 Å². The van der Waals surface area contributed by atoms with Crippen molar-refractivity contribution in [1.29, 1.82) is 0 Å². The second-order valence-electron chi connectivity index (χ2n) is 6.61. The standard InChI is InChI=1S/C20H22N2O5S/c1-2-27-19(26)16-15(12-8-4-3-5-9-12)21-20(28-16)22-17(23)13-10-6-7-11-14(13)18(24)25/h3-5,8-9,13-14H,2,6-7,10-11H2,1H3,(H,24,25)(H,21,22,23)/t13-,14-/m1/s1. The highest BCUT2D eigenvalue weighted by Crippen LogP contribution is 2.34. The number of carboxylic acids is 1. The summed E-state index contributed by atoms with van der Waals surface area (Å²) in [5, 5.41) is 12.4. The normalized spacial score (nSPS) is 19.0. The van der Waals surface area contributed by atoms with Crippen LogP contribution in [0.15, 0.2) is 30.3 Å². The minimum Gasteiger partial charge on any atom is -0.481 e. The molecule has 2 atom stereocenters. The number of carbonyl (C=O) groups excluding carboxylic acids is 2. The summed E-state index contributed by atoms with van der Waals surface area (Å²) in [6, 6.07) is 9.18. The summed E-state index contributed by atoms with van der Waals surface area (Å²) in [6.45, 7) is 1.95. The molecular weight excluding hydrogens is 380 g/mol. The molecule has 7 nitrogen and oxygen atoms in total. The van der Waals surface area contributed by atoms with Gasteiger partial charge in [-0.05, 0) is 19.8 Å². The fourth-order valence-electron chi connectivity index (χ4n) is 3.44. The van der Waals surface area contributed by atoms with Gasteiger partial charge in [0.25, 0.3) is 0 Å². The first-order chi connectivity index (χ1) is 13.5. The number of carboxylic acid groups (broad SMARTS) is 1. The third-order valence-electron chi connectivity index (χ3n) is 4.79. The average Bonchev–Trinajstić information content (AvgIpc) is 3.12. The Morgan fingerprint density at radius 2 is 1.86 bits per heavy atom. The molecule has 1 aromatic heterocycles. The van der Waals surface area contributed by atoms with Crippen LogP contribution in [0.5, 0.6) is 0 Å². The molecule has 1 heterocycles. The van der Waals surface area contributed by atoms with Crippen LogP contribution in [0.4, 0.5) is 5.13 Å². The lowest BCUT2D eigenvalue weighted by molar-refractivity contribution is -0.147. The van der Waals surface area contributed by atoms with Gasteiger partial charge in [0.2, 0.25) is 5.91 Å².